The fourth-order valence-electron chi connectivity index (χ4n) is 1.63. The number of carbonyl (C=O) groups is 2. The van der Waals surface area contributed by atoms with E-state index in [1.54, 1.807) is 25.1 Å². The zero-order chi connectivity index (χ0) is 13.7. The summed E-state index contributed by atoms with van der Waals surface area (Å²) in [6.07, 6.45) is 0.358. The van der Waals surface area contributed by atoms with Crippen molar-refractivity contribution in [2.24, 2.45) is 0 Å². The Hall–Kier alpha value is -2.24. The molecule has 0 saturated carbocycles. The van der Waals surface area contributed by atoms with E-state index in [1.165, 1.54) is 0 Å². The van der Waals surface area contributed by atoms with Gasteiger partial charge in [-0.15, -0.1) is 0 Å². The van der Waals surface area contributed by atoms with Gasteiger partial charge in [0.25, 0.3) is 0 Å². The van der Waals surface area contributed by atoms with Crippen molar-refractivity contribution < 1.29 is 19.1 Å². The van der Waals surface area contributed by atoms with Crippen LogP contribution in [0.4, 0.5) is 5.69 Å². The van der Waals surface area contributed by atoms with Crippen molar-refractivity contribution in [2.75, 3.05) is 25.1 Å². The Morgan fingerprint density at radius 2 is 1.89 bits per heavy atom. The Morgan fingerprint density at radius 3 is 2.63 bits per heavy atom. The van der Waals surface area contributed by atoms with Gasteiger partial charge in [-0.3, -0.25) is 9.59 Å². The highest BCUT2D eigenvalue weighted by Crippen LogP contribution is 2.32. The van der Waals surface area contributed by atoms with Gasteiger partial charge >= 0.3 is 0 Å². The van der Waals surface area contributed by atoms with E-state index in [9.17, 15) is 9.59 Å². The third-order valence-electron chi connectivity index (χ3n) is 2.59. The number of anilines is 1. The summed E-state index contributed by atoms with van der Waals surface area (Å²) < 4.78 is 10.8. The van der Waals surface area contributed by atoms with Crippen molar-refractivity contribution in [1.29, 1.82) is 0 Å². The predicted molar refractivity (Wildman–Crippen MR) is 69.4 cm³/mol. The Labute approximate surface area is 111 Å². The number of rotatable bonds is 4. The first-order chi connectivity index (χ1) is 9.19. The summed E-state index contributed by atoms with van der Waals surface area (Å²) in [6, 6.07) is 5.18. The molecule has 2 amide bonds. The van der Waals surface area contributed by atoms with Gasteiger partial charge in [0.1, 0.15) is 13.2 Å². The number of fused-ring (bicyclic) bond motifs is 1. The van der Waals surface area contributed by atoms with E-state index in [0.717, 1.165) is 0 Å². The van der Waals surface area contributed by atoms with Crippen LogP contribution in [0.15, 0.2) is 18.2 Å². The van der Waals surface area contributed by atoms with Gasteiger partial charge in [-0.1, -0.05) is 6.92 Å². The molecule has 0 fully saturated rings. The molecular weight excluding hydrogens is 248 g/mol. The third-order valence-corrected chi connectivity index (χ3v) is 2.59. The SMILES string of the molecule is CCC(=O)NCC(=O)Nc1ccc2c(c1)OCCO2. The van der Waals surface area contributed by atoms with Gasteiger partial charge in [-0.25, -0.2) is 0 Å². The quantitative estimate of drug-likeness (QED) is 0.848. The maximum atomic E-state index is 11.6. The highest BCUT2D eigenvalue weighted by molar-refractivity contribution is 5.94. The van der Waals surface area contributed by atoms with Crippen LogP contribution in [0.25, 0.3) is 0 Å². The largest absolute Gasteiger partial charge is 0.486 e. The molecule has 0 aliphatic carbocycles. The van der Waals surface area contributed by atoms with E-state index in [2.05, 4.69) is 10.6 Å². The summed E-state index contributed by atoms with van der Waals surface area (Å²) in [5, 5.41) is 5.19. The molecule has 102 valence electrons. The average Bonchev–Trinajstić information content (AvgIpc) is 2.44. The number of hydrogen-bond acceptors (Lipinski definition) is 4. The zero-order valence-electron chi connectivity index (χ0n) is 10.7. The zero-order valence-corrected chi connectivity index (χ0v) is 10.7. The fraction of sp³-hybridized carbons (Fsp3) is 0.385. The van der Waals surface area contributed by atoms with Crippen LogP contribution >= 0.6 is 0 Å². The van der Waals surface area contributed by atoms with Crippen LogP contribution in [0.3, 0.4) is 0 Å². The van der Waals surface area contributed by atoms with Crippen molar-refractivity contribution in [2.45, 2.75) is 13.3 Å². The minimum absolute atomic E-state index is 0.0406. The molecule has 0 radical (unpaired) electrons. The van der Waals surface area contributed by atoms with E-state index in [-0.39, 0.29) is 18.4 Å². The van der Waals surface area contributed by atoms with Crippen molar-refractivity contribution in [3.63, 3.8) is 0 Å². The molecular formula is C13H16N2O4. The molecule has 0 bridgehead atoms. The minimum atomic E-state index is -0.279. The van der Waals surface area contributed by atoms with Crippen molar-refractivity contribution >= 4 is 17.5 Å². The normalized spacial score (nSPS) is 12.7. The molecule has 19 heavy (non-hydrogen) atoms. The average molecular weight is 264 g/mol. The lowest BCUT2D eigenvalue weighted by molar-refractivity contribution is -0.123. The molecule has 2 N–H and O–H groups in total. The summed E-state index contributed by atoms with van der Waals surface area (Å²) in [7, 11) is 0. The first-order valence-corrected chi connectivity index (χ1v) is 6.15. The van der Waals surface area contributed by atoms with E-state index < -0.39 is 0 Å². The monoisotopic (exact) mass is 264 g/mol. The molecule has 6 nitrogen and oxygen atoms in total. The fourth-order valence-corrected chi connectivity index (χ4v) is 1.63. The summed E-state index contributed by atoms with van der Waals surface area (Å²) >= 11 is 0. The molecule has 6 heteroatoms. The molecule has 1 aliphatic heterocycles. The first kappa shape index (κ1) is 13.2. The minimum Gasteiger partial charge on any atom is -0.486 e. The number of benzene rings is 1. The molecule has 0 unspecified atom stereocenters. The van der Waals surface area contributed by atoms with Gasteiger partial charge in [0.15, 0.2) is 11.5 Å². The molecule has 0 aromatic heterocycles. The lowest BCUT2D eigenvalue weighted by Crippen LogP contribution is -2.32. The smallest absolute Gasteiger partial charge is 0.243 e. The molecule has 1 aliphatic rings. The van der Waals surface area contributed by atoms with Gasteiger partial charge in [-0.05, 0) is 12.1 Å². The molecule has 0 atom stereocenters. The van der Waals surface area contributed by atoms with Gasteiger partial charge in [0.2, 0.25) is 11.8 Å². The summed E-state index contributed by atoms with van der Waals surface area (Å²) in [4.78, 5) is 22.6. The standard InChI is InChI=1S/C13H16N2O4/c1-2-12(16)14-8-13(17)15-9-3-4-10-11(7-9)19-6-5-18-10/h3-4,7H,2,5-6,8H2,1H3,(H,14,16)(H,15,17). The van der Waals surface area contributed by atoms with Crippen molar-refractivity contribution in [3.8, 4) is 11.5 Å². The van der Waals surface area contributed by atoms with Crippen LogP contribution < -0.4 is 20.1 Å². The summed E-state index contributed by atoms with van der Waals surface area (Å²) in [5.74, 6) is 0.848. The van der Waals surface area contributed by atoms with Crippen LogP contribution in [-0.4, -0.2) is 31.6 Å². The van der Waals surface area contributed by atoms with Crippen molar-refractivity contribution in [1.82, 2.24) is 5.32 Å². The van der Waals surface area contributed by atoms with Crippen molar-refractivity contribution in [3.05, 3.63) is 18.2 Å². The van der Waals surface area contributed by atoms with Crippen LogP contribution in [-0.2, 0) is 9.59 Å². The number of carbonyl (C=O) groups excluding carboxylic acids is 2. The van der Waals surface area contributed by atoms with Crippen LogP contribution in [0, 0.1) is 0 Å². The predicted octanol–water partition coefficient (Wildman–Crippen LogP) is 0.922. The summed E-state index contributed by atoms with van der Waals surface area (Å²) in [6.45, 7) is 2.72. The second kappa shape index (κ2) is 6.08. The molecule has 0 saturated heterocycles. The first-order valence-electron chi connectivity index (χ1n) is 6.15. The Kier molecular flexibility index (Phi) is 4.22. The second-order valence-electron chi connectivity index (χ2n) is 4.04. The third kappa shape index (κ3) is 3.61. The van der Waals surface area contributed by atoms with Gasteiger partial charge in [0, 0.05) is 18.2 Å². The Morgan fingerprint density at radius 1 is 1.16 bits per heavy atom. The lowest BCUT2D eigenvalue weighted by Gasteiger charge is -2.19. The molecule has 1 aromatic rings. The Balaban J connectivity index is 1.92. The molecule has 1 aromatic carbocycles. The Bertz CT molecular complexity index is 488. The van der Waals surface area contributed by atoms with E-state index in [4.69, 9.17) is 9.47 Å². The lowest BCUT2D eigenvalue weighted by atomic mass is 10.2. The molecule has 2 rings (SSSR count). The molecule has 1 heterocycles. The number of amides is 2. The van der Waals surface area contributed by atoms with Gasteiger partial charge in [-0.2, -0.15) is 0 Å². The van der Waals surface area contributed by atoms with E-state index in [0.29, 0.717) is 36.8 Å². The summed E-state index contributed by atoms with van der Waals surface area (Å²) in [5.41, 5.74) is 0.611. The van der Waals surface area contributed by atoms with Gasteiger partial charge in [0.05, 0.1) is 6.54 Å². The van der Waals surface area contributed by atoms with Crippen LogP contribution in [0.1, 0.15) is 13.3 Å². The van der Waals surface area contributed by atoms with Gasteiger partial charge < -0.3 is 20.1 Å². The number of hydrogen-bond donors (Lipinski definition) is 2. The maximum absolute atomic E-state index is 11.6. The number of nitrogens with one attached hydrogen (secondary N) is 2. The number of ether oxygens (including phenoxy) is 2. The highest BCUT2D eigenvalue weighted by Gasteiger charge is 2.12. The maximum Gasteiger partial charge on any atom is 0.243 e. The van der Waals surface area contributed by atoms with E-state index in [1.807, 2.05) is 0 Å². The van der Waals surface area contributed by atoms with Crippen LogP contribution in [0.2, 0.25) is 0 Å². The highest BCUT2D eigenvalue weighted by atomic mass is 16.6. The second-order valence-corrected chi connectivity index (χ2v) is 4.04. The topological polar surface area (TPSA) is 76.7 Å². The van der Waals surface area contributed by atoms with E-state index >= 15 is 0 Å². The van der Waals surface area contributed by atoms with Crippen LogP contribution in [0.5, 0.6) is 11.5 Å². The molecule has 0 spiro atoms.